The molecule has 0 saturated carbocycles. The van der Waals surface area contributed by atoms with Gasteiger partial charge in [-0.15, -0.1) is 0 Å². The first kappa shape index (κ1) is 13.2. The fraction of sp³-hybridized carbons (Fsp3) is 0.889. The lowest BCUT2D eigenvalue weighted by atomic mass is 9.89. The van der Waals surface area contributed by atoms with Crippen LogP contribution >= 0.6 is 0 Å². The highest BCUT2D eigenvalue weighted by molar-refractivity contribution is 5.60. The van der Waals surface area contributed by atoms with Gasteiger partial charge in [-0.1, -0.05) is 27.7 Å². The molecule has 1 atom stereocenters. The molecule has 11 heavy (non-hydrogen) atoms. The molecule has 0 aromatic carbocycles. The van der Waals surface area contributed by atoms with E-state index in [4.69, 9.17) is 10.5 Å². The molecule has 0 fully saturated rings. The van der Waals surface area contributed by atoms with Crippen molar-refractivity contribution in [3.8, 4) is 0 Å². The molecular formula is C9H21NO. The van der Waals surface area contributed by atoms with E-state index in [9.17, 15) is 0 Å². The summed E-state index contributed by atoms with van der Waals surface area (Å²) in [5.41, 5.74) is -0.145. The van der Waals surface area contributed by atoms with E-state index in [0.29, 0.717) is 6.42 Å². The van der Waals surface area contributed by atoms with E-state index in [2.05, 4.69) is 0 Å². The second kappa shape index (κ2) is 6.35. The van der Waals surface area contributed by atoms with Crippen molar-refractivity contribution in [1.82, 2.24) is 0 Å². The van der Waals surface area contributed by atoms with Crippen LogP contribution < -0.4 is 0 Å². The molecule has 0 rings (SSSR count). The Morgan fingerprint density at radius 2 is 1.82 bits per heavy atom. The molecule has 2 heteroatoms. The van der Waals surface area contributed by atoms with E-state index in [1.54, 1.807) is 6.92 Å². The Morgan fingerprint density at radius 3 is 1.91 bits per heavy atom. The predicted molar refractivity (Wildman–Crippen MR) is 50.2 cm³/mol. The molecule has 0 heterocycles. The highest BCUT2D eigenvalue weighted by Gasteiger charge is 2.16. The lowest BCUT2D eigenvalue weighted by Gasteiger charge is -2.19. The van der Waals surface area contributed by atoms with Crippen LogP contribution in [0.1, 0.15) is 41.0 Å². The number of rotatable bonds is 3. The molecule has 0 aliphatic rings. The molecule has 1 unspecified atom stereocenters. The van der Waals surface area contributed by atoms with Gasteiger partial charge >= 0.3 is 0 Å². The van der Waals surface area contributed by atoms with E-state index in [0.717, 1.165) is 0 Å². The minimum Gasteiger partial charge on any atom is -0.393 e. The van der Waals surface area contributed by atoms with Gasteiger partial charge in [0.25, 0.3) is 0 Å². The summed E-state index contributed by atoms with van der Waals surface area (Å²) in [4.78, 5) is 0. The first-order chi connectivity index (χ1) is 4.98. The average Bonchev–Trinajstić information content (AvgIpc) is 1.90. The summed E-state index contributed by atoms with van der Waals surface area (Å²) in [7, 11) is 0. The first-order valence-corrected chi connectivity index (χ1v) is 4.17. The van der Waals surface area contributed by atoms with E-state index in [1.165, 1.54) is 6.21 Å². The minimum atomic E-state index is -0.304. The van der Waals surface area contributed by atoms with Crippen LogP contribution in [0.2, 0.25) is 0 Å². The summed E-state index contributed by atoms with van der Waals surface area (Å²) in [6.07, 6.45) is 1.73. The molecule has 0 aliphatic heterocycles. The van der Waals surface area contributed by atoms with Crippen molar-refractivity contribution in [3.05, 3.63) is 0 Å². The van der Waals surface area contributed by atoms with Crippen LogP contribution in [0.15, 0.2) is 0 Å². The van der Waals surface area contributed by atoms with E-state index in [1.807, 2.05) is 27.7 Å². The fourth-order valence-corrected chi connectivity index (χ4v) is 0.820. The number of nitrogens with one attached hydrogen (secondary N) is 1. The smallest absolute Gasteiger partial charge is 0.0520 e. The summed E-state index contributed by atoms with van der Waals surface area (Å²) in [6.45, 7) is 9.62. The molecule has 0 amide bonds. The van der Waals surface area contributed by atoms with Crippen LogP contribution in [0.3, 0.4) is 0 Å². The Bertz CT molecular complexity index is 97.7. The summed E-state index contributed by atoms with van der Waals surface area (Å²) < 4.78 is 0. The number of aliphatic hydroxyl groups excluding tert-OH is 1. The van der Waals surface area contributed by atoms with Crippen LogP contribution in [0.5, 0.6) is 0 Å². The van der Waals surface area contributed by atoms with Crippen molar-refractivity contribution < 1.29 is 5.11 Å². The molecule has 68 valence electrons. The molecule has 2 N–H and O–H groups in total. The highest BCUT2D eigenvalue weighted by Crippen LogP contribution is 2.18. The lowest BCUT2D eigenvalue weighted by Crippen LogP contribution is -2.19. The molecule has 0 spiro atoms. The molecule has 0 aliphatic carbocycles. The SMILES string of the molecule is CC.CC(O)CC(C)(C)C=N. The summed E-state index contributed by atoms with van der Waals surface area (Å²) >= 11 is 0. The quantitative estimate of drug-likeness (QED) is 0.610. The third kappa shape index (κ3) is 9.63. The molecule has 0 radical (unpaired) electrons. The molecule has 2 nitrogen and oxygen atoms in total. The van der Waals surface area contributed by atoms with Gasteiger partial charge in [-0.2, -0.15) is 0 Å². The van der Waals surface area contributed by atoms with Crippen LogP contribution in [-0.4, -0.2) is 17.4 Å². The topological polar surface area (TPSA) is 44.1 Å². The Balaban J connectivity index is 0. The van der Waals surface area contributed by atoms with Gasteiger partial charge in [0.2, 0.25) is 0 Å². The van der Waals surface area contributed by atoms with E-state index in [-0.39, 0.29) is 11.5 Å². The number of hydrogen-bond donors (Lipinski definition) is 2. The van der Waals surface area contributed by atoms with Crippen LogP contribution in [0, 0.1) is 10.8 Å². The standard InChI is InChI=1S/C7H15NO.C2H6/c1-6(9)4-7(2,3)5-8;1-2/h5-6,8-9H,4H2,1-3H3;1-2H3. The Morgan fingerprint density at radius 1 is 1.45 bits per heavy atom. The van der Waals surface area contributed by atoms with Gasteiger partial charge in [-0.05, 0) is 13.3 Å². The zero-order valence-corrected chi connectivity index (χ0v) is 8.31. The third-order valence-electron chi connectivity index (χ3n) is 1.21. The van der Waals surface area contributed by atoms with Crippen molar-refractivity contribution >= 4 is 6.21 Å². The third-order valence-corrected chi connectivity index (χ3v) is 1.21. The van der Waals surface area contributed by atoms with Crippen LogP contribution in [-0.2, 0) is 0 Å². The largest absolute Gasteiger partial charge is 0.393 e. The molecule has 0 aromatic rings. The summed E-state index contributed by atoms with van der Waals surface area (Å²) in [6, 6.07) is 0. The lowest BCUT2D eigenvalue weighted by molar-refractivity contribution is 0.155. The van der Waals surface area contributed by atoms with Gasteiger partial charge in [0.1, 0.15) is 0 Å². The maximum atomic E-state index is 8.92. The number of aliphatic hydroxyl groups is 1. The number of hydrogen-bond acceptors (Lipinski definition) is 2. The maximum absolute atomic E-state index is 8.92. The van der Waals surface area contributed by atoms with Crippen molar-refractivity contribution in [3.63, 3.8) is 0 Å². The van der Waals surface area contributed by atoms with E-state index >= 15 is 0 Å². The molecule has 0 bridgehead atoms. The van der Waals surface area contributed by atoms with E-state index < -0.39 is 0 Å². The Labute approximate surface area is 70.1 Å². The second-order valence-corrected chi connectivity index (χ2v) is 3.19. The zero-order valence-electron chi connectivity index (χ0n) is 8.31. The van der Waals surface area contributed by atoms with Crippen LogP contribution in [0.4, 0.5) is 0 Å². The van der Waals surface area contributed by atoms with Crippen molar-refractivity contribution in [2.24, 2.45) is 5.41 Å². The second-order valence-electron chi connectivity index (χ2n) is 3.19. The van der Waals surface area contributed by atoms with Gasteiger partial charge in [0.15, 0.2) is 0 Å². The van der Waals surface area contributed by atoms with Gasteiger partial charge in [0.05, 0.1) is 6.10 Å². The Kier molecular flexibility index (Phi) is 7.64. The maximum Gasteiger partial charge on any atom is 0.0520 e. The Hall–Kier alpha value is -0.370. The monoisotopic (exact) mass is 159 g/mol. The molecular weight excluding hydrogens is 138 g/mol. The molecule has 0 saturated heterocycles. The average molecular weight is 159 g/mol. The van der Waals surface area contributed by atoms with Crippen molar-refractivity contribution in [1.29, 1.82) is 5.41 Å². The minimum absolute atomic E-state index is 0.145. The summed E-state index contributed by atoms with van der Waals surface area (Å²) in [5.74, 6) is 0. The molecule has 0 aromatic heterocycles. The van der Waals surface area contributed by atoms with Gasteiger partial charge in [0, 0.05) is 11.6 Å². The van der Waals surface area contributed by atoms with Crippen molar-refractivity contribution in [2.75, 3.05) is 0 Å². The van der Waals surface area contributed by atoms with Gasteiger partial charge in [-0.3, -0.25) is 0 Å². The first-order valence-electron chi connectivity index (χ1n) is 4.17. The van der Waals surface area contributed by atoms with Crippen LogP contribution in [0.25, 0.3) is 0 Å². The van der Waals surface area contributed by atoms with Crippen molar-refractivity contribution in [2.45, 2.75) is 47.1 Å². The highest BCUT2D eigenvalue weighted by atomic mass is 16.3. The predicted octanol–water partition coefficient (Wildman–Crippen LogP) is 2.46. The zero-order chi connectivity index (χ0) is 9.49. The normalized spacial score (nSPS) is 12.9. The summed E-state index contributed by atoms with van der Waals surface area (Å²) in [5, 5.41) is 15.9. The van der Waals surface area contributed by atoms with Gasteiger partial charge in [-0.25, -0.2) is 0 Å². The fourth-order valence-electron chi connectivity index (χ4n) is 0.820. The van der Waals surface area contributed by atoms with Gasteiger partial charge < -0.3 is 10.5 Å².